The quantitative estimate of drug-likeness (QED) is 0.247. The summed E-state index contributed by atoms with van der Waals surface area (Å²) < 4.78 is 5.48. The van der Waals surface area contributed by atoms with Crippen molar-refractivity contribution in [2.45, 2.75) is 39.5 Å². The van der Waals surface area contributed by atoms with Crippen molar-refractivity contribution < 1.29 is 19.1 Å². The van der Waals surface area contributed by atoms with Crippen molar-refractivity contribution in [2.24, 2.45) is 0 Å². The monoisotopic (exact) mass is 502 g/mol. The summed E-state index contributed by atoms with van der Waals surface area (Å²) in [5.74, 6) is -1.16. The van der Waals surface area contributed by atoms with Crippen LogP contribution < -0.4 is 15.0 Å². The number of hydrogen-bond acceptors (Lipinski definition) is 5. The van der Waals surface area contributed by atoms with Crippen LogP contribution in [0.5, 0.6) is 5.75 Å². The molecule has 0 saturated carbocycles. The maximum absolute atomic E-state index is 13.1. The third kappa shape index (κ3) is 5.04. The predicted molar refractivity (Wildman–Crippen MR) is 141 cm³/mol. The molecule has 1 N–H and O–H groups in total. The lowest BCUT2D eigenvalue weighted by molar-refractivity contribution is -0.120. The van der Waals surface area contributed by atoms with Crippen molar-refractivity contribution in [3.63, 3.8) is 0 Å². The predicted octanol–water partition coefficient (Wildman–Crippen LogP) is 6.20. The molecule has 3 aromatic rings. The number of hydrogen-bond donors (Lipinski definition) is 1. The van der Waals surface area contributed by atoms with Gasteiger partial charge in [-0.3, -0.25) is 9.59 Å². The molecule has 1 aliphatic heterocycles. The molecule has 6 nitrogen and oxygen atoms in total. The zero-order valence-corrected chi connectivity index (χ0v) is 21.3. The van der Waals surface area contributed by atoms with Gasteiger partial charge in [-0.25, -0.2) is 9.69 Å². The van der Waals surface area contributed by atoms with Gasteiger partial charge in [0.15, 0.2) is 0 Å². The summed E-state index contributed by atoms with van der Waals surface area (Å²) in [6, 6.07) is 21.0. The van der Waals surface area contributed by atoms with Crippen molar-refractivity contribution >= 4 is 40.8 Å². The van der Waals surface area contributed by atoms with Crippen LogP contribution >= 0.6 is 11.6 Å². The van der Waals surface area contributed by atoms with E-state index in [-0.39, 0.29) is 16.1 Å². The Kier molecular flexibility index (Phi) is 7.00. The van der Waals surface area contributed by atoms with Crippen molar-refractivity contribution in [3.05, 3.63) is 100 Å². The van der Waals surface area contributed by atoms with Crippen LogP contribution in [-0.2, 0) is 21.4 Å². The number of halogens is 1. The van der Waals surface area contributed by atoms with Gasteiger partial charge in [-0.2, -0.15) is 0 Å². The lowest BCUT2D eigenvalue weighted by atomic mass is 9.87. The number of amides is 2. The van der Waals surface area contributed by atoms with E-state index in [4.69, 9.17) is 16.3 Å². The number of carbonyl (C=O) groups is 3. The molecule has 0 unspecified atom stereocenters. The van der Waals surface area contributed by atoms with Crippen molar-refractivity contribution in [3.8, 4) is 5.75 Å². The second kappa shape index (κ2) is 9.99. The zero-order chi connectivity index (χ0) is 26.0. The van der Waals surface area contributed by atoms with Crippen LogP contribution in [0.15, 0.2) is 83.5 Å². The Hall–Kier alpha value is -3.90. The number of nitrogens with zero attached hydrogens (tertiary/aromatic N) is 1. The smallest absolute Gasteiger partial charge is 0.343 e. The fourth-order valence-corrected chi connectivity index (χ4v) is 4.09. The fraction of sp³-hybridized carbons (Fsp3) is 0.207. The molecule has 2 amide bonds. The van der Waals surface area contributed by atoms with Crippen LogP contribution in [0.2, 0.25) is 0 Å². The summed E-state index contributed by atoms with van der Waals surface area (Å²) >= 11 is 6.26. The van der Waals surface area contributed by atoms with E-state index in [1.54, 1.807) is 48.5 Å². The average Bonchev–Trinajstić information content (AvgIpc) is 3.07. The summed E-state index contributed by atoms with van der Waals surface area (Å²) in [6.45, 7) is 8.29. The van der Waals surface area contributed by atoms with Gasteiger partial charge in [-0.15, -0.1) is 0 Å². The molecular formula is C29H27ClN2O4. The Morgan fingerprint density at radius 1 is 0.917 bits per heavy atom. The number of aryl methyl sites for hydroxylation is 1. The molecule has 184 valence electrons. The third-order valence-corrected chi connectivity index (χ3v) is 6.31. The molecule has 0 spiro atoms. The van der Waals surface area contributed by atoms with E-state index in [1.165, 1.54) is 0 Å². The summed E-state index contributed by atoms with van der Waals surface area (Å²) in [5, 5.41) is 2.74. The van der Waals surface area contributed by atoms with Gasteiger partial charge in [-0.1, -0.05) is 69.6 Å². The Morgan fingerprint density at radius 3 is 2.17 bits per heavy atom. The number of nitrogens with one attached hydrogen (secondary N) is 1. The van der Waals surface area contributed by atoms with Gasteiger partial charge in [0.25, 0.3) is 11.8 Å². The fourth-order valence-electron chi connectivity index (χ4n) is 3.88. The van der Waals surface area contributed by atoms with Gasteiger partial charge in [0.2, 0.25) is 0 Å². The molecule has 1 heterocycles. The minimum absolute atomic E-state index is 0.00539. The first-order valence-corrected chi connectivity index (χ1v) is 12.0. The van der Waals surface area contributed by atoms with Gasteiger partial charge in [0.1, 0.15) is 16.5 Å². The van der Waals surface area contributed by atoms with E-state index in [0.29, 0.717) is 29.1 Å². The van der Waals surface area contributed by atoms with Crippen LogP contribution in [0, 0.1) is 0 Å². The van der Waals surface area contributed by atoms with E-state index in [1.807, 2.05) is 31.2 Å². The lowest BCUT2D eigenvalue weighted by Gasteiger charge is -2.19. The number of anilines is 2. The van der Waals surface area contributed by atoms with E-state index >= 15 is 0 Å². The molecule has 0 aromatic heterocycles. The van der Waals surface area contributed by atoms with Gasteiger partial charge in [0, 0.05) is 5.69 Å². The number of esters is 1. The minimum atomic E-state index is -0.581. The molecule has 3 aromatic carbocycles. The topological polar surface area (TPSA) is 75.7 Å². The highest BCUT2D eigenvalue weighted by Gasteiger charge is 2.39. The Balaban J connectivity index is 1.46. The average molecular weight is 503 g/mol. The zero-order valence-electron chi connectivity index (χ0n) is 20.6. The summed E-state index contributed by atoms with van der Waals surface area (Å²) in [7, 11) is 0. The van der Waals surface area contributed by atoms with Gasteiger partial charge in [0.05, 0.1) is 11.3 Å². The number of benzene rings is 3. The molecule has 0 atom stereocenters. The maximum Gasteiger partial charge on any atom is 0.343 e. The summed E-state index contributed by atoms with van der Waals surface area (Å²) in [6.07, 6.45) is 0.659. The first kappa shape index (κ1) is 25.2. The number of rotatable bonds is 6. The van der Waals surface area contributed by atoms with Gasteiger partial charge >= 0.3 is 5.97 Å². The molecule has 0 radical (unpaired) electrons. The lowest BCUT2D eigenvalue weighted by Crippen LogP contribution is -2.33. The highest BCUT2D eigenvalue weighted by molar-refractivity contribution is 6.53. The maximum atomic E-state index is 13.1. The summed E-state index contributed by atoms with van der Waals surface area (Å²) in [5.41, 5.74) is 3.35. The molecule has 36 heavy (non-hydrogen) atoms. The van der Waals surface area contributed by atoms with Crippen LogP contribution in [-0.4, -0.2) is 17.8 Å². The minimum Gasteiger partial charge on any atom is -0.423 e. The van der Waals surface area contributed by atoms with Crippen molar-refractivity contribution in [1.82, 2.24) is 0 Å². The highest BCUT2D eigenvalue weighted by atomic mass is 35.5. The molecule has 1 aliphatic rings. The number of carbonyl (C=O) groups excluding carboxylic acids is 3. The Bertz CT molecular complexity index is 1350. The van der Waals surface area contributed by atoms with Crippen LogP contribution in [0.25, 0.3) is 0 Å². The Labute approximate surface area is 215 Å². The van der Waals surface area contributed by atoms with Crippen LogP contribution in [0.4, 0.5) is 11.4 Å². The molecule has 0 saturated heterocycles. The first-order chi connectivity index (χ1) is 17.1. The molecule has 0 bridgehead atoms. The van der Waals surface area contributed by atoms with E-state index < -0.39 is 17.8 Å². The van der Waals surface area contributed by atoms with Gasteiger partial charge in [-0.05, 0) is 65.4 Å². The van der Waals surface area contributed by atoms with Crippen LogP contribution in [0.1, 0.15) is 49.2 Å². The largest absolute Gasteiger partial charge is 0.423 e. The molecule has 4 rings (SSSR count). The molecular weight excluding hydrogens is 476 g/mol. The normalized spacial score (nSPS) is 13.9. The van der Waals surface area contributed by atoms with Crippen molar-refractivity contribution in [1.29, 1.82) is 0 Å². The number of para-hydroxylation sites is 1. The van der Waals surface area contributed by atoms with Crippen molar-refractivity contribution in [2.75, 3.05) is 10.2 Å². The number of ether oxygens (including phenoxy) is 1. The SMILES string of the molecule is CCc1ccccc1N1C(=O)C(Cl)=C(Nc2ccc(C(=O)Oc3ccc(C(C)(C)C)cc3)cc2)C1=O. The van der Waals surface area contributed by atoms with Gasteiger partial charge < -0.3 is 10.1 Å². The molecule has 0 fully saturated rings. The highest BCUT2D eigenvalue weighted by Crippen LogP contribution is 2.32. The van der Waals surface area contributed by atoms with E-state index in [0.717, 1.165) is 16.0 Å². The summed E-state index contributed by atoms with van der Waals surface area (Å²) in [4.78, 5) is 39.5. The Morgan fingerprint density at radius 2 is 1.56 bits per heavy atom. The van der Waals surface area contributed by atoms with E-state index in [2.05, 4.69) is 26.1 Å². The third-order valence-electron chi connectivity index (χ3n) is 5.96. The number of imide groups is 1. The second-order valence-corrected chi connectivity index (χ2v) is 9.86. The standard InChI is InChI=1S/C29H27ClN2O4/c1-5-18-8-6-7-9-23(18)32-26(33)24(30)25(27(32)34)31-21-14-10-19(11-15-21)28(35)36-22-16-12-20(13-17-22)29(2,3)4/h6-17,31H,5H2,1-4H3. The first-order valence-electron chi connectivity index (χ1n) is 11.7. The second-order valence-electron chi connectivity index (χ2n) is 9.48. The molecule has 0 aliphatic carbocycles. The van der Waals surface area contributed by atoms with E-state index in [9.17, 15) is 14.4 Å². The molecule has 7 heteroatoms. The van der Waals surface area contributed by atoms with Crippen LogP contribution in [0.3, 0.4) is 0 Å².